The smallest absolute Gasteiger partial charge is 0.272 e. The fraction of sp³-hybridized carbons (Fsp3) is 0.780. The molecule has 0 radical (unpaired) electrons. The van der Waals surface area contributed by atoms with Crippen LogP contribution in [-0.2, 0) is 19.2 Å². The lowest BCUT2D eigenvalue weighted by atomic mass is 9.82. The number of amides is 4. The first-order valence-electron chi connectivity index (χ1n) is 20.4. The molecule has 4 N–H and O–H groups in total. The van der Waals surface area contributed by atoms with Gasteiger partial charge in [0.25, 0.3) is 5.91 Å². The van der Waals surface area contributed by atoms with Crippen LogP contribution in [0.1, 0.15) is 136 Å². The number of hydrogen-bond acceptors (Lipinski definition) is 8. The first-order valence-corrected chi connectivity index (χ1v) is 20.4. The van der Waals surface area contributed by atoms with Gasteiger partial charge in [-0.2, -0.15) is 0 Å². The third-order valence-electron chi connectivity index (χ3n) is 12.7. The summed E-state index contributed by atoms with van der Waals surface area (Å²) in [5.41, 5.74) is -0.619. The van der Waals surface area contributed by atoms with Gasteiger partial charge in [0.15, 0.2) is 5.78 Å². The topological polar surface area (TPSA) is 171 Å². The highest BCUT2D eigenvalue weighted by atomic mass is 16.3. The van der Waals surface area contributed by atoms with Gasteiger partial charge in [0.2, 0.25) is 17.7 Å². The molecule has 4 amide bonds. The highest BCUT2D eigenvalue weighted by Gasteiger charge is 2.52. The van der Waals surface area contributed by atoms with Gasteiger partial charge >= 0.3 is 0 Å². The molecule has 0 aromatic carbocycles. The van der Waals surface area contributed by atoms with E-state index in [0.717, 1.165) is 57.8 Å². The van der Waals surface area contributed by atoms with Crippen molar-refractivity contribution in [2.45, 2.75) is 155 Å². The number of likely N-dealkylation sites (tertiary alicyclic amines) is 1. The average molecular weight is 737 g/mol. The van der Waals surface area contributed by atoms with E-state index in [2.05, 4.69) is 32.8 Å². The van der Waals surface area contributed by atoms with E-state index < -0.39 is 47.5 Å². The Balaban J connectivity index is 1.34. The van der Waals surface area contributed by atoms with Crippen LogP contribution in [0.3, 0.4) is 0 Å². The second-order valence-corrected chi connectivity index (χ2v) is 17.8. The number of aromatic nitrogens is 2. The number of aliphatic hydroxyl groups excluding tert-OH is 1. The summed E-state index contributed by atoms with van der Waals surface area (Å²) in [6.45, 7) is 12.0. The number of fused-ring (bicyclic) bond motifs is 1. The molecule has 1 aliphatic heterocycles. The largest absolute Gasteiger partial charge is 0.385 e. The van der Waals surface area contributed by atoms with Crippen LogP contribution in [0.2, 0.25) is 0 Å². The molecule has 2 heterocycles. The van der Waals surface area contributed by atoms with E-state index in [1.807, 2.05) is 34.6 Å². The second-order valence-electron chi connectivity index (χ2n) is 17.8. The number of aliphatic hydroxyl groups is 1. The van der Waals surface area contributed by atoms with Gasteiger partial charge in [-0.3, -0.25) is 29.0 Å². The summed E-state index contributed by atoms with van der Waals surface area (Å²) in [6.07, 6.45) is 14.7. The Morgan fingerprint density at radius 1 is 0.925 bits per heavy atom. The Morgan fingerprint density at radius 3 is 2.26 bits per heavy atom. The molecule has 3 saturated carbocycles. The molecule has 9 unspecified atom stereocenters. The molecule has 0 spiro atoms. The molecular weight excluding hydrogens is 672 g/mol. The molecule has 1 saturated heterocycles. The molecule has 53 heavy (non-hydrogen) atoms. The highest BCUT2D eigenvalue weighted by Crippen LogP contribution is 2.43. The number of carbonyl (C=O) groups excluding carboxylic acids is 5. The number of carbonyl (C=O) groups is 5. The quantitative estimate of drug-likeness (QED) is 0.191. The minimum Gasteiger partial charge on any atom is -0.385 e. The summed E-state index contributed by atoms with van der Waals surface area (Å²) in [5.74, 6) is -1.42. The molecule has 1 aromatic heterocycles. The predicted octanol–water partition coefficient (Wildman–Crippen LogP) is 4.60. The Bertz CT molecular complexity index is 1440. The molecule has 1 aromatic rings. The summed E-state index contributed by atoms with van der Waals surface area (Å²) in [4.78, 5) is 80.1. The predicted molar refractivity (Wildman–Crippen MR) is 201 cm³/mol. The zero-order valence-electron chi connectivity index (χ0n) is 32.8. The maximum atomic E-state index is 14.7. The number of ketones is 1. The zero-order valence-corrected chi connectivity index (χ0v) is 32.8. The molecule has 4 aliphatic rings. The van der Waals surface area contributed by atoms with Gasteiger partial charge < -0.3 is 26.0 Å². The van der Waals surface area contributed by atoms with Crippen LogP contribution in [-0.4, -0.2) is 86.2 Å². The van der Waals surface area contributed by atoms with Gasteiger partial charge in [-0.25, -0.2) is 4.98 Å². The fourth-order valence-electron chi connectivity index (χ4n) is 9.11. The minimum absolute atomic E-state index is 0.0590. The summed E-state index contributed by atoms with van der Waals surface area (Å²) in [5, 5.41) is 20.2. The van der Waals surface area contributed by atoms with Crippen LogP contribution < -0.4 is 16.0 Å². The van der Waals surface area contributed by atoms with Crippen LogP contribution in [0.5, 0.6) is 0 Å². The van der Waals surface area contributed by atoms with Crippen molar-refractivity contribution in [2.75, 3.05) is 6.54 Å². The van der Waals surface area contributed by atoms with Crippen LogP contribution in [0, 0.1) is 40.9 Å². The van der Waals surface area contributed by atoms with Crippen molar-refractivity contribution in [3.8, 4) is 0 Å². The van der Waals surface area contributed by atoms with Crippen LogP contribution >= 0.6 is 0 Å². The Hall–Kier alpha value is -3.41. The molecule has 12 nitrogen and oxygen atoms in total. The molecule has 0 bridgehead atoms. The fourth-order valence-corrected chi connectivity index (χ4v) is 9.11. The van der Waals surface area contributed by atoms with E-state index in [-0.39, 0.29) is 52.9 Å². The van der Waals surface area contributed by atoms with Gasteiger partial charge in [-0.15, -0.1) is 0 Å². The van der Waals surface area contributed by atoms with Crippen LogP contribution in [0.4, 0.5) is 0 Å². The summed E-state index contributed by atoms with van der Waals surface area (Å²) >= 11 is 0. The van der Waals surface area contributed by atoms with Crippen molar-refractivity contribution in [3.63, 3.8) is 0 Å². The summed E-state index contributed by atoms with van der Waals surface area (Å²) in [7, 11) is 0. The molecule has 5 rings (SSSR count). The average Bonchev–Trinajstić information content (AvgIpc) is 3.71. The lowest BCUT2D eigenvalue weighted by Gasteiger charge is -2.38. The number of hydrogen-bond donors (Lipinski definition) is 4. The standard InChI is InChI=1S/C41H64N6O6/c1-7-12-30(35(49)34(48)25(3)24(2)21-26-17-18-26)44-39(52)33-29-16-11-15-28(29)23-47(33)40(53)36(41(4,5)6)46-38(51)32(27-13-9-8-10-14-27)45-37(50)31-22-42-19-20-43-31/h19-20,22,24-30,32-34,36,48H,7-18,21,23H2,1-6H3,(H,44,52)(H,45,50)(H,46,51). The molecular formula is C41H64N6O6. The summed E-state index contributed by atoms with van der Waals surface area (Å²) < 4.78 is 0. The molecule has 3 aliphatic carbocycles. The maximum Gasteiger partial charge on any atom is 0.272 e. The van der Waals surface area contributed by atoms with Crippen molar-refractivity contribution >= 4 is 29.4 Å². The third-order valence-corrected chi connectivity index (χ3v) is 12.7. The normalized spacial score (nSPS) is 25.3. The Kier molecular flexibility index (Phi) is 13.7. The Morgan fingerprint density at radius 2 is 1.64 bits per heavy atom. The van der Waals surface area contributed by atoms with Gasteiger partial charge in [0, 0.05) is 18.9 Å². The second kappa shape index (κ2) is 17.8. The first kappa shape index (κ1) is 40.8. The highest BCUT2D eigenvalue weighted by molar-refractivity contribution is 5.99. The van der Waals surface area contributed by atoms with Crippen LogP contribution in [0.25, 0.3) is 0 Å². The van der Waals surface area contributed by atoms with E-state index >= 15 is 0 Å². The maximum absolute atomic E-state index is 14.7. The van der Waals surface area contributed by atoms with E-state index in [4.69, 9.17) is 0 Å². The van der Waals surface area contributed by atoms with E-state index in [1.54, 1.807) is 4.90 Å². The number of nitrogens with one attached hydrogen (secondary N) is 3. The SMILES string of the molecule is CCCC(NC(=O)C1C2CCCC2CN1C(=O)C(NC(=O)C(NC(=O)c1cnccn1)C1CCCCC1)C(C)(C)C)C(=O)C(O)C(C)C(C)CC1CC1. The first-order chi connectivity index (χ1) is 25.2. The van der Waals surface area contributed by atoms with E-state index in [1.165, 1.54) is 31.4 Å². The van der Waals surface area contributed by atoms with Crippen molar-refractivity contribution in [1.29, 1.82) is 0 Å². The minimum atomic E-state index is -1.19. The van der Waals surface area contributed by atoms with Gasteiger partial charge in [0.1, 0.15) is 29.9 Å². The van der Waals surface area contributed by atoms with Crippen molar-refractivity contribution < 1.29 is 29.1 Å². The third kappa shape index (κ3) is 10.0. The monoisotopic (exact) mass is 736 g/mol. The molecule has 4 fully saturated rings. The van der Waals surface area contributed by atoms with Crippen molar-refractivity contribution in [3.05, 3.63) is 24.3 Å². The van der Waals surface area contributed by atoms with Crippen LogP contribution in [0.15, 0.2) is 18.6 Å². The lowest BCUT2D eigenvalue weighted by Crippen LogP contribution is -2.62. The van der Waals surface area contributed by atoms with Gasteiger partial charge in [-0.05, 0) is 79.4 Å². The molecule has 294 valence electrons. The lowest BCUT2D eigenvalue weighted by molar-refractivity contribution is -0.146. The summed E-state index contributed by atoms with van der Waals surface area (Å²) in [6, 6.07) is -3.51. The van der Waals surface area contributed by atoms with Gasteiger partial charge in [-0.1, -0.05) is 86.5 Å². The molecule has 9 atom stereocenters. The van der Waals surface area contributed by atoms with Gasteiger partial charge in [0.05, 0.1) is 12.2 Å². The van der Waals surface area contributed by atoms with Crippen molar-refractivity contribution in [2.24, 2.45) is 40.9 Å². The van der Waals surface area contributed by atoms with Crippen molar-refractivity contribution in [1.82, 2.24) is 30.8 Å². The Labute approximate surface area is 315 Å². The van der Waals surface area contributed by atoms with E-state index in [0.29, 0.717) is 25.3 Å². The number of Topliss-reactive ketones (excluding diaryl/α,β-unsaturated/α-hetero) is 1. The molecule has 12 heteroatoms. The number of rotatable bonds is 16. The zero-order chi connectivity index (χ0) is 38.4. The number of nitrogens with zero attached hydrogens (tertiary/aromatic N) is 3. The van der Waals surface area contributed by atoms with E-state index in [9.17, 15) is 29.1 Å².